The van der Waals surface area contributed by atoms with E-state index in [0.717, 1.165) is 6.07 Å². The molecule has 22 heavy (non-hydrogen) atoms. The van der Waals surface area contributed by atoms with Crippen molar-refractivity contribution in [2.75, 3.05) is 10.6 Å². The van der Waals surface area contributed by atoms with Crippen LogP contribution in [0.5, 0.6) is 0 Å². The Hall–Kier alpha value is -3.16. The lowest BCUT2D eigenvalue weighted by atomic mass is 10.2. The van der Waals surface area contributed by atoms with Crippen molar-refractivity contribution in [1.29, 1.82) is 0 Å². The molecular formula is C14H14N4O4. The predicted octanol–water partition coefficient (Wildman–Crippen LogP) is 0.664. The summed E-state index contributed by atoms with van der Waals surface area (Å²) in [5, 5.41) is 5.07. The van der Waals surface area contributed by atoms with Crippen molar-refractivity contribution in [3.05, 3.63) is 56.7 Å². The van der Waals surface area contributed by atoms with E-state index in [4.69, 9.17) is 0 Å². The molecule has 0 saturated carbocycles. The number of rotatable bonds is 4. The zero-order valence-corrected chi connectivity index (χ0v) is 11.7. The molecule has 0 atom stereocenters. The van der Waals surface area contributed by atoms with Gasteiger partial charge in [-0.05, 0) is 24.3 Å². The number of anilines is 2. The summed E-state index contributed by atoms with van der Waals surface area (Å²) >= 11 is 0. The number of carbonyl (C=O) groups is 2. The molecule has 8 heteroatoms. The molecule has 4 N–H and O–H groups in total. The maximum absolute atomic E-state index is 12.0. The fourth-order valence-corrected chi connectivity index (χ4v) is 1.68. The molecule has 2 aromatic rings. The van der Waals surface area contributed by atoms with E-state index in [1.165, 1.54) is 12.1 Å². The van der Waals surface area contributed by atoms with Crippen LogP contribution in [0.1, 0.15) is 23.7 Å². The van der Waals surface area contributed by atoms with Crippen LogP contribution in [0.3, 0.4) is 0 Å². The number of hydrogen-bond donors (Lipinski definition) is 4. The van der Waals surface area contributed by atoms with Gasteiger partial charge in [-0.25, -0.2) is 4.79 Å². The van der Waals surface area contributed by atoms with E-state index in [1.807, 2.05) is 4.98 Å². The summed E-state index contributed by atoms with van der Waals surface area (Å²) in [6, 6.07) is 7.28. The average molecular weight is 302 g/mol. The lowest BCUT2D eigenvalue weighted by Crippen LogP contribution is -2.24. The van der Waals surface area contributed by atoms with Gasteiger partial charge >= 0.3 is 5.69 Å². The molecule has 0 aliphatic heterocycles. The van der Waals surface area contributed by atoms with Crippen molar-refractivity contribution in [2.45, 2.75) is 13.3 Å². The first-order chi connectivity index (χ1) is 10.5. The van der Waals surface area contributed by atoms with Crippen molar-refractivity contribution in [1.82, 2.24) is 9.97 Å². The van der Waals surface area contributed by atoms with E-state index in [0.29, 0.717) is 17.7 Å². The summed E-state index contributed by atoms with van der Waals surface area (Å²) in [6.07, 6.45) is 0.359. The van der Waals surface area contributed by atoms with Crippen LogP contribution in [0, 0.1) is 0 Å². The highest BCUT2D eigenvalue weighted by molar-refractivity contribution is 6.04. The molecule has 8 nitrogen and oxygen atoms in total. The van der Waals surface area contributed by atoms with Gasteiger partial charge in [-0.3, -0.25) is 24.4 Å². The fraction of sp³-hybridized carbons (Fsp3) is 0.143. The van der Waals surface area contributed by atoms with Crippen LogP contribution >= 0.6 is 0 Å². The normalized spacial score (nSPS) is 10.0. The van der Waals surface area contributed by atoms with Crippen LogP contribution in [0.2, 0.25) is 0 Å². The number of hydrogen-bond acceptors (Lipinski definition) is 4. The molecule has 0 aliphatic rings. The number of amides is 2. The van der Waals surface area contributed by atoms with Gasteiger partial charge in [0.2, 0.25) is 5.91 Å². The molecule has 0 aliphatic carbocycles. The number of carbonyl (C=O) groups excluding carboxylic acids is 2. The third-order valence-electron chi connectivity index (χ3n) is 2.76. The molecule has 0 fully saturated rings. The Kier molecular flexibility index (Phi) is 4.52. The third-order valence-corrected chi connectivity index (χ3v) is 2.76. The molecule has 0 saturated heterocycles. The van der Waals surface area contributed by atoms with Crippen molar-refractivity contribution in [2.24, 2.45) is 0 Å². The van der Waals surface area contributed by atoms with Crippen molar-refractivity contribution in [3.63, 3.8) is 0 Å². The number of benzene rings is 1. The lowest BCUT2D eigenvalue weighted by Gasteiger charge is -2.06. The Balaban J connectivity index is 2.11. The van der Waals surface area contributed by atoms with Gasteiger partial charge in [-0.1, -0.05) is 6.92 Å². The average Bonchev–Trinajstić information content (AvgIpc) is 2.46. The summed E-state index contributed by atoms with van der Waals surface area (Å²) < 4.78 is 0. The van der Waals surface area contributed by atoms with Crippen molar-refractivity contribution in [3.8, 4) is 0 Å². The van der Waals surface area contributed by atoms with Gasteiger partial charge in [0.25, 0.3) is 11.5 Å². The molecule has 0 spiro atoms. The third kappa shape index (κ3) is 3.92. The first-order valence-electron chi connectivity index (χ1n) is 6.53. The Morgan fingerprint density at radius 1 is 1.05 bits per heavy atom. The Morgan fingerprint density at radius 2 is 1.73 bits per heavy atom. The molecule has 1 aromatic heterocycles. The lowest BCUT2D eigenvalue weighted by molar-refractivity contribution is -0.115. The van der Waals surface area contributed by atoms with E-state index in [1.54, 1.807) is 19.1 Å². The highest BCUT2D eigenvalue weighted by Crippen LogP contribution is 2.11. The second-order valence-electron chi connectivity index (χ2n) is 4.43. The molecular weight excluding hydrogens is 288 g/mol. The SMILES string of the molecule is CCC(=O)Nc1ccc(C(=O)Nc2cc(=O)[nH]c(=O)[nH]2)cc1. The topological polar surface area (TPSA) is 124 Å². The Labute approximate surface area is 124 Å². The number of nitrogens with one attached hydrogen (secondary N) is 4. The first kappa shape index (κ1) is 15.2. The maximum atomic E-state index is 12.0. The molecule has 0 unspecified atom stereocenters. The highest BCUT2D eigenvalue weighted by atomic mass is 16.2. The number of aromatic amines is 2. The molecule has 1 aromatic carbocycles. The van der Waals surface area contributed by atoms with Crippen LogP contribution in [0.25, 0.3) is 0 Å². The van der Waals surface area contributed by atoms with Gasteiger partial charge in [-0.2, -0.15) is 0 Å². The number of aromatic nitrogens is 2. The van der Waals surface area contributed by atoms with E-state index in [2.05, 4.69) is 15.6 Å². The van der Waals surface area contributed by atoms with Gasteiger partial charge in [0.15, 0.2) is 0 Å². The van der Waals surface area contributed by atoms with Gasteiger partial charge in [0.1, 0.15) is 5.82 Å². The number of H-pyrrole nitrogens is 2. The molecule has 114 valence electrons. The van der Waals surface area contributed by atoms with Crippen molar-refractivity contribution < 1.29 is 9.59 Å². The molecule has 0 bridgehead atoms. The summed E-state index contributed by atoms with van der Waals surface area (Å²) in [6.45, 7) is 1.74. The van der Waals surface area contributed by atoms with Gasteiger partial charge in [0.05, 0.1) is 0 Å². The first-order valence-corrected chi connectivity index (χ1v) is 6.53. The van der Waals surface area contributed by atoms with Crippen LogP contribution in [0.15, 0.2) is 39.9 Å². The predicted molar refractivity (Wildman–Crippen MR) is 81.0 cm³/mol. The molecule has 0 radical (unpaired) electrons. The van der Waals surface area contributed by atoms with Crippen LogP contribution in [-0.4, -0.2) is 21.8 Å². The molecule has 2 rings (SSSR count). The van der Waals surface area contributed by atoms with Gasteiger partial charge in [0, 0.05) is 23.7 Å². The van der Waals surface area contributed by atoms with E-state index < -0.39 is 17.2 Å². The monoisotopic (exact) mass is 302 g/mol. The van der Waals surface area contributed by atoms with Gasteiger partial charge < -0.3 is 10.6 Å². The zero-order chi connectivity index (χ0) is 16.1. The molecule has 1 heterocycles. The summed E-state index contributed by atoms with van der Waals surface area (Å²) in [7, 11) is 0. The van der Waals surface area contributed by atoms with Crippen LogP contribution < -0.4 is 21.9 Å². The largest absolute Gasteiger partial charge is 0.327 e. The fourth-order valence-electron chi connectivity index (χ4n) is 1.68. The smallest absolute Gasteiger partial charge is 0.326 e. The maximum Gasteiger partial charge on any atom is 0.327 e. The van der Waals surface area contributed by atoms with Crippen LogP contribution in [-0.2, 0) is 4.79 Å². The Morgan fingerprint density at radius 3 is 2.32 bits per heavy atom. The second-order valence-corrected chi connectivity index (χ2v) is 4.43. The van der Waals surface area contributed by atoms with E-state index >= 15 is 0 Å². The van der Waals surface area contributed by atoms with Crippen LogP contribution in [0.4, 0.5) is 11.5 Å². The minimum atomic E-state index is -0.708. The summed E-state index contributed by atoms with van der Waals surface area (Å²) in [5.41, 5.74) is -0.430. The van der Waals surface area contributed by atoms with E-state index in [-0.39, 0.29) is 11.7 Å². The summed E-state index contributed by atoms with van der Waals surface area (Å²) in [5.74, 6) is -0.616. The minimum absolute atomic E-state index is 0.00196. The zero-order valence-electron chi connectivity index (χ0n) is 11.7. The second kappa shape index (κ2) is 6.53. The minimum Gasteiger partial charge on any atom is -0.326 e. The highest BCUT2D eigenvalue weighted by Gasteiger charge is 2.08. The quantitative estimate of drug-likeness (QED) is 0.662. The van der Waals surface area contributed by atoms with Gasteiger partial charge in [-0.15, -0.1) is 0 Å². The molecule has 2 amide bonds. The van der Waals surface area contributed by atoms with E-state index in [9.17, 15) is 19.2 Å². The van der Waals surface area contributed by atoms with Crippen molar-refractivity contribution >= 4 is 23.3 Å². The standard InChI is InChI=1S/C14H14N4O4/c1-2-11(19)15-9-5-3-8(4-6-9)13(21)16-10-7-12(20)18-14(22)17-10/h3-7H,2H2,1H3,(H,15,19)(H3,16,17,18,20,21,22). The summed E-state index contributed by atoms with van der Waals surface area (Å²) in [4.78, 5) is 49.8. The Bertz CT molecular complexity index is 776.